The number of nitrogens with one attached hydrogen (secondary N) is 1. The maximum absolute atomic E-state index is 11.4. The molecule has 1 aromatic heterocycles. The largest absolute Gasteiger partial charge is 0.480 e. The van der Waals surface area contributed by atoms with Gasteiger partial charge in [0.05, 0.1) is 5.69 Å². The van der Waals surface area contributed by atoms with Crippen molar-refractivity contribution in [2.75, 3.05) is 0 Å². The van der Waals surface area contributed by atoms with Gasteiger partial charge in [-0.1, -0.05) is 13.0 Å². The number of hydrogen-bond donors (Lipinski definition) is 2. The third-order valence-corrected chi connectivity index (χ3v) is 3.19. The molecule has 0 amide bonds. The Kier molecular flexibility index (Phi) is 2.68. The van der Waals surface area contributed by atoms with E-state index in [2.05, 4.69) is 17.2 Å². The third kappa shape index (κ3) is 1.93. The molecule has 0 radical (unpaired) electrons. The number of carboxylic acids is 1. The quantitative estimate of drug-likeness (QED) is 0.804. The molecule has 1 aliphatic rings. The molecular weight excluding hydrogens is 204 g/mol. The predicted octanol–water partition coefficient (Wildman–Crippen LogP) is 1.38. The summed E-state index contributed by atoms with van der Waals surface area (Å²) < 4.78 is 0. The van der Waals surface area contributed by atoms with Crippen molar-refractivity contribution >= 4 is 5.97 Å². The molecule has 0 aromatic carbocycles. The summed E-state index contributed by atoms with van der Waals surface area (Å²) in [5.74, 6) is -0.326. The number of carboxylic acid groups (broad SMARTS) is 1. The van der Waals surface area contributed by atoms with Crippen molar-refractivity contribution in [3.63, 3.8) is 0 Å². The van der Waals surface area contributed by atoms with Crippen LogP contribution in [0.25, 0.3) is 0 Å². The minimum Gasteiger partial charge on any atom is -0.480 e. The fourth-order valence-electron chi connectivity index (χ4n) is 1.80. The molecular formula is C12H16N2O2. The van der Waals surface area contributed by atoms with Gasteiger partial charge >= 0.3 is 5.97 Å². The molecule has 4 nitrogen and oxygen atoms in total. The van der Waals surface area contributed by atoms with E-state index in [1.807, 2.05) is 6.07 Å². The van der Waals surface area contributed by atoms with E-state index < -0.39 is 11.5 Å². The minimum absolute atomic E-state index is 0.295. The summed E-state index contributed by atoms with van der Waals surface area (Å²) in [5.41, 5.74) is -0.530. The standard InChI is InChI=1S/C12H16N2O2/c1-8-7-9(8)14-12(2,11(15)16)10-5-3-4-6-13-10/h3-6,8-9,14H,7H2,1-2H3,(H,15,16). The normalized spacial score (nSPS) is 27.1. The highest BCUT2D eigenvalue weighted by Gasteiger charge is 2.44. The number of nitrogens with zero attached hydrogens (tertiary/aromatic N) is 1. The van der Waals surface area contributed by atoms with E-state index in [1.54, 1.807) is 25.3 Å². The maximum Gasteiger partial charge on any atom is 0.329 e. The first-order valence-corrected chi connectivity index (χ1v) is 5.46. The van der Waals surface area contributed by atoms with Gasteiger partial charge in [0.25, 0.3) is 0 Å². The zero-order valence-electron chi connectivity index (χ0n) is 9.47. The van der Waals surface area contributed by atoms with Crippen LogP contribution in [-0.2, 0) is 10.3 Å². The second kappa shape index (κ2) is 3.87. The molecule has 0 aliphatic heterocycles. The Labute approximate surface area is 94.7 Å². The Morgan fingerprint density at radius 1 is 1.62 bits per heavy atom. The molecule has 1 heterocycles. The lowest BCUT2D eigenvalue weighted by Gasteiger charge is -2.25. The van der Waals surface area contributed by atoms with Crippen molar-refractivity contribution in [1.29, 1.82) is 0 Å². The summed E-state index contributed by atoms with van der Waals surface area (Å²) in [6, 6.07) is 5.63. The number of pyridine rings is 1. The SMILES string of the molecule is CC1CC1NC(C)(C(=O)O)c1ccccn1. The number of aliphatic carboxylic acids is 1. The smallest absolute Gasteiger partial charge is 0.329 e. The van der Waals surface area contributed by atoms with Gasteiger partial charge in [-0.3, -0.25) is 10.3 Å². The van der Waals surface area contributed by atoms with E-state index in [1.165, 1.54) is 0 Å². The molecule has 1 saturated carbocycles. The van der Waals surface area contributed by atoms with Crippen molar-refractivity contribution in [2.45, 2.75) is 31.8 Å². The van der Waals surface area contributed by atoms with Crippen LogP contribution < -0.4 is 5.32 Å². The zero-order valence-corrected chi connectivity index (χ0v) is 9.47. The van der Waals surface area contributed by atoms with E-state index in [9.17, 15) is 9.90 Å². The summed E-state index contributed by atoms with van der Waals surface area (Å²) in [4.78, 5) is 15.5. The molecule has 0 bridgehead atoms. The van der Waals surface area contributed by atoms with E-state index in [-0.39, 0.29) is 0 Å². The van der Waals surface area contributed by atoms with Crippen molar-refractivity contribution in [1.82, 2.24) is 10.3 Å². The highest BCUT2D eigenvalue weighted by atomic mass is 16.4. The fourth-order valence-corrected chi connectivity index (χ4v) is 1.80. The number of rotatable bonds is 4. The van der Waals surface area contributed by atoms with Gasteiger partial charge in [0, 0.05) is 12.2 Å². The van der Waals surface area contributed by atoms with Crippen LogP contribution in [0.5, 0.6) is 0 Å². The molecule has 1 fully saturated rings. The van der Waals surface area contributed by atoms with E-state index in [0.29, 0.717) is 17.7 Å². The topological polar surface area (TPSA) is 62.2 Å². The van der Waals surface area contributed by atoms with E-state index in [4.69, 9.17) is 0 Å². The molecule has 4 heteroatoms. The first-order valence-electron chi connectivity index (χ1n) is 5.46. The van der Waals surface area contributed by atoms with Gasteiger partial charge in [-0.2, -0.15) is 0 Å². The van der Waals surface area contributed by atoms with Crippen LogP contribution in [0.2, 0.25) is 0 Å². The average Bonchev–Trinajstić information content (AvgIpc) is 2.95. The molecule has 3 atom stereocenters. The van der Waals surface area contributed by atoms with Crippen LogP contribution in [0.15, 0.2) is 24.4 Å². The maximum atomic E-state index is 11.4. The predicted molar refractivity (Wildman–Crippen MR) is 59.9 cm³/mol. The van der Waals surface area contributed by atoms with Crippen LogP contribution in [0.1, 0.15) is 26.0 Å². The van der Waals surface area contributed by atoms with Crippen LogP contribution in [0.4, 0.5) is 0 Å². The highest BCUT2D eigenvalue weighted by Crippen LogP contribution is 2.33. The van der Waals surface area contributed by atoms with Crippen LogP contribution >= 0.6 is 0 Å². The number of hydrogen-bond acceptors (Lipinski definition) is 3. The molecule has 1 aromatic rings. The number of carbonyl (C=O) groups is 1. The lowest BCUT2D eigenvalue weighted by atomic mass is 9.97. The molecule has 2 rings (SSSR count). The van der Waals surface area contributed by atoms with Crippen LogP contribution in [-0.4, -0.2) is 22.1 Å². The Balaban J connectivity index is 2.25. The van der Waals surface area contributed by atoms with Gasteiger partial charge in [0.2, 0.25) is 0 Å². The molecule has 3 unspecified atom stereocenters. The van der Waals surface area contributed by atoms with Crippen LogP contribution in [0.3, 0.4) is 0 Å². The highest BCUT2D eigenvalue weighted by molar-refractivity contribution is 5.79. The second-order valence-corrected chi connectivity index (χ2v) is 4.61. The first-order chi connectivity index (χ1) is 7.54. The third-order valence-electron chi connectivity index (χ3n) is 3.19. The van der Waals surface area contributed by atoms with Crippen molar-refractivity contribution in [3.05, 3.63) is 30.1 Å². The summed E-state index contributed by atoms with van der Waals surface area (Å²) in [6.45, 7) is 3.78. The first kappa shape index (κ1) is 11.1. The van der Waals surface area contributed by atoms with Gasteiger partial charge in [-0.05, 0) is 31.4 Å². The Morgan fingerprint density at radius 3 is 2.75 bits per heavy atom. The molecule has 2 N–H and O–H groups in total. The lowest BCUT2D eigenvalue weighted by molar-refractivity contribution is -0.144. The molecule has 0 saturated heterocycles. The molecule has 0 spiro atoms. The average molecular weight is 220 g/mol. The summed E-state index contributed by atoms with van der Waals surface area (Å²) >= 11 is 0. The molecule has 86 valence electrons. The zero-order chi connectivity index (χ0) is 11.8. The minimum atomic E-state index is -1.09. The van der Waals surface area contributed by atoms with Gasteiger partial charge in [0.1, 0.15) is 0 Å². The summed E-state index contributed by atoms with van der Waals surface area (Å²) in [6.07, 6.45) is 2.66. The lowest BCUT2D eigenvalue weighted by Crippen LogP contribution is -2.48. The van der Waals surface area contributed by atoms with Gasteiger partial charge in [-0.25, -0.2) is 4.79 Å². The van der Waals surface area contributed by atoms with Crippen LogP contribution in [0, 0.1) is 5.92 Å². The van der Waals surface area contributed by atoms with Gasteiger partial charge in [0.15, 0.2) is 5.54 Å². The van der Waals surface area contributed by atoms with E-state index >= 15 is 0 Å². The Hall–Kier alpha value is -1.42. The Bertz CT molecular complexity index is 393. The monoisotopic (exact) mass is 220 g/mol. The Morgan fingerprint density at radius 2 is 2.31 bits per heavy atom. The number of aromatic nitrogens is 1. The van der Waals surface area contributed by atoms with Crippen molar-refractivity contribution in [3.8, 4) is 0 Å². The molecule has 1 aliphatic carbocycles. The van der Waals surface area contributed by atoms with Crippen molar-refractivity contribution in [2.24, 2.45) is 5.92 Å². The van der Waals surface area contributed by atoms with Gasteiger partial charge in [-0.15, -0.1) is 0 Å². The molecule has 16 heavy (non-hydrogen) atoms. The van der Waals surface area contributed by atoms with Gasteiger partial charge < -0.3 is 5.11 Å². The second-order valence-electron chi connectivity index (χ2n) is 4.61. The summed E-state index contributed by atoms with van der Waals surface area (Å²) in [7, 11) is 0. The fraction of sp³-hybridized carbons (Fsp3) is 0.500. The van der Waals surface area contributed by atoms with Crippen molar-refractivity contribution < 1.29 is 9.90 Å². The summed E-state index contributed by atoms with van der Waals surface area (Å²) in [5, 5.41) is 12.5. The van der Waals surface area contributed by atoms with E-state index in [0.717, 1.165) is 6.42 Å².